The lowest BCUT2D eigenvalue weighted by atomic mass is 9.75. The molecule has 1 aromatic carbocycles. The first-order chi connectivity index (χ1) is 14.6. The Morgan fingerprint density at radius 2 is 2.00 bits per heavy atom. The lowest BCUT2D eigenvalue weighted by Gasteiger charge is -2.29. The van der Waals surface area contributed by atoms with Crippen molar-refractivity contribution in [2.75, 3.05) is 18.4 Å². The second kappa shape index (κ2) is 7.51. The van der Waals surface area contributed by atoms with Gasteiger partial charge in [0, 0.05) is 38.2 Å². The van der Waals surface area contributed by atoms with Gasteiger partial charge in [0.25, 0.3) is 5.91 Å². The Balaban J connectivity index is 1.72. The Morgan fingerprint density at radius 1 is 1.26 bits per heavy atom. The number of hydrogen-bond acceptors (Lipinski definition) is 5. The van der Waals surface area contributed by atoms with Gasteiger partial charge >= 0.3 is 0 Å². The molecule has 1 aliphatic carbocycles. The van der Waals surface area contributed by atoms with Crippen molar-refractivity contribution in [3.05, 3.63) is 40.7 Å². The van der Waals surface area contributed by atoms with E-state index >= 15 is 0 Å². The molecule has 1 fully saturated rings. The Kier molecular flexibility index (Phi) is 5.11. The van der Waals surface area contributed by atoms with Gasteiger partial charge in [-0.1, -0.05) is 13.8 Å². The van der Waals surface area contributed by atoms with Gasteiger partial charge in [0.05, 0.1) is 28.2 Å². The fourth-order valence-corrected chi connectivity index (χ4v) is 4.74. The van der Waals surface area contributed by atoms with Gasteiger partial charge in [-0.05, 0) is 43.4 Å². The number of likely N-dealkylation sites (tertiary alicyclic amines) is 1. The van der Waals surface area contributed by atoms with Crippen LogP contribution in [0.2, 0.25) is 0 Å². The molecule has 0 spiro atoms. The van der Waals surface area contributed by atoms with Crippen LogP contribution >= 0.6 is 0 Å². The number of anilines is 1. The van der Waals surface area contributed by atoms with Gasteiger partial charge in [0.1, 0.15) is 0 Å². The molecule has 1 saturated heterocycles. The van der Waals surface area contributed by atoms with Crippen LogP contribution in [0.4, 0.5) is 5.69 Å². The Morgan fingerprint density at radius 3 is 2.65 bits per heavy atom. The normalized spacial score (nSPS) is 19.9. The van der Waals surface area contributed by atoms with Gasteiger partial charge in [-0.2, -0.15) is 5.10 Å². The van der Waals surface area contributed by atoms with Crippen molar-refractivity contribution in [3.63, 3.8) is 0 Å². The molecular weight excluding hydrogens is 394 g/mol. The summed E-state index contributed by atoms with van der Waals surface area (Å²) in [5.41, 5.74) is 9.58. The Bertz CT molecular complexity index is 1090. The quantitative estimate of drug-likeness (QED) is 0.785. The predicted molar refractivity (Wildman–Crippen MR) is 118 cm³/mol. The highest BCUT2D eigenvalue weighted by Crippen LogP contribution is 2.37. The van der Waals surface area contributed by atoms with Crippen LogP contribution in [-0.4, -0.2) is 51.4 Å². The first-order valence-corrected chi connectivity index (χ1v) is 10.6. The van der Waals surface area contributed by atoms with Gasteiger partial charge in [0.2, 0.25) is 5.91 Å². The number of benzene rings is 1. The fraction of sp³-hybridized carbons (Fsp3) is 0.478. The number of primary amides is 1. The van der Waals surface area contributed by atoms with Gasteiger partial charge in [-0.3, -0.25) is 14.4 Å². The number of carbonyl (C=O) groups excluding carboxylic acids is 3. The number of nitrogens with two attached hydrogens (primary N) is 1. The standard InChI is InChI=1S/C23H29N5O3/c1-13-21-19(10-23(3,4)11-20(21)30)28(26-13)16-5-6-17(22(24)31)18(9-16)25-15-7-8-27(12-15)14(2)29/h5-6,9,15,25H,7-8,10-12H2,1-4H3,(H2,24,31)/t15-/m1/s1. The zero-order chi connectivity index (χ0) is 22.5. The van der Waals surface area contributed by atoms with Crippen LogP contribution in [0.15, 0.2) is 18.2 Å². The van der Waals surface area contributed by atoms with E-state index in [2.05, 4.69) is 24.3 Å². The minimum atomic E-state index is -0.523. The molecule has 2 aromatic rings. The largest absolute Gasteiger partial charge is 0.380 e. The number of rotatable bonds is 4. The van der Waals surface area contributed by atoms with Crippen molar-refractivity contribution in [2.24, 2.45) is 11.1 Å². The Labute approximate surface area is 181 Å². The SMILES string of the molecule is CC(=O)N1CC[C@@H](Nc2cc(-n3nc(C)c4c3CC(C)(C)CC4=O)ccc2C(N)=O)C1. The molecule has 4 rings (SSSR count). The van der Waals surface area contributed by atoms with E-state index in [1.165, 1.54) is 0 Å². The third-order valence-electron chi connectivity index (χ3n) is 6.23. The lowest BCUT2D eigenvalue weighted by Crippen LogP contribution is -2.30. The lowest BCUT2D eigenvalue weighted by molar-refractivity contribution is -0.127. The van der Waals surface area contributed by atoms with Crippen molar-refractivity contribution in [2.45, 2.75) is 53.0 Å². The van der Waals surface area contributed by atoms with E-state index in [0.29, 0.717) is 36.3 Å². The van der Waals surface area contributed by atoms with Crippen molar-refractivity contribution in [1.29, 1.82) is 0 Å². The van der Waals surface area contributed by atoms with E-state index in [1.54, 1.807) is 24.0 Å². The molecule has 8 heteroatoms. The molecule has 1 aromatic heterocycles. The highest BCUT2D eigenvalue weighted by molar-refractivity contribution is 6.00. The van der Waals surface area contributed by atoms with Crippen LogP contribution in [0.3, 0.4) is 0 Å². The van der Waals surface area contributed by atoms with Crippen LogP contribution in [-0.2, 0) is 11.2 Å². The molecule has 3 N–H and O–H groups in total. The van der Waals surface area contributed by atoms with Crippen molar-refractivity contribution in [1.82, 2.24) is 14.7 Å². The third-order valence-corrected chi connectivity index (χ3v) is 6.23. The van der Waals surface area contributed by atoms with Crippen LogP contribution in [0.5, 0.6) is 0 Å². The van der Waals surface area contributed by atoms with Crippen LogP contribution < -0.4 is 11.1 Å². The maximum Gasteiger partial charge on any atom is 0.250 e. The summed E-state index contributed by atoms with van der Waals surface area (Å²) in [7, 11) is 0. The summed E-state index contributed by atoms with van der Waals surface area (Å²) >= 11 is 0. The summed E-state index contributed by atoms with van der Waals surface area (Å²) in [5.74, 6) is -0.359. The summed E-state index contributed by atoms with van der Waals surface area (Å²) < 4.78 is 1.82. The predicted octanol–water partition coefficient (Wildman–Crippen LogP) is 2.47. The molecule has 2 aliphatic rings. The average Bonchev–Trinajstić information content (AvgIpc) is 3.25. The third kappa shape index (κ3) is 3.94. The van der Waals surface area contributed by atoms with Crippen LogP contribution in [0.1, 0.15) is 65.7 Å². The number of nitrogens with one attached hydrogen (secondary N) is 1. The maximum atomic E-state index is 12.7. The second-order valence-electron chi connectivity index (χ2n) is 9.45. The number of ketones is 1. The highest BCUT2D eigenvalue weighted by atomic mass is 16.2. The number of nitrogens with zero attached hydrogens (tertiary/aromatic N) is 3. The van der Waals surface area contributed by atoms with E-state index in [9.17, 15) is 14.4 Å². The van der Waals surface area contributed by atoms with Gasteiger partial charge in [-0.25, -0.2) is 4.68 Å². The van der Waals surface area contributed by atoms with Crippen molar-refractivity contribution >= 4 is 23.3 Å². The molecule has 1 atom stereocenters. The zero-order valence-electron chi connectivity index (χ0n) is 18.5. The number of Topliss-reactive ketones (excluding diaryl/α,β-unsaturated/α-hetero) is 1. The minimum absolute atomic E-state index is 0.0334. The summed E-state index contributed by atoms with van der Waals surface area (Å²) in [6.07, 6.45) is 2.04. The van der Waals surface area contributed by atoms with E-state index in [0.717, 1.165) is 29.9 Å². The van der Waals surface area contributed by atoms with E-state index in [4.69, 9.17) is 5.73 Å². The number of fused-ring (bicyclic) bond motifs is 1. The molecule has 164 valence electrons. The number of hydrogen-bond donors (Lipinski definition) is 2. The summed E-state index contributed by atoms with van der Waals surface area (Å²) in [5, 5.41) is 8.06. The summed E-state index contributed by atoms with van der Waals surface area (Å²) in [6.45, 7) is 8.86. The van der Waals surface area contributed by atoms with Gasteiger partial charge < -0.3 is 16.0 Å². The van der Waals surface area contributed by atoms with Crippen molar-refractivity contribution in [3.8, 4) is 5.69 Å². The maximum absolute atomic E-state index is 12.7. The van der Waals surface area contributed by atoms with Crippen LogP contribution in [0.25, 0.3) is 5.69 Å². The zero-order valence-corrected chi connectivity index (χ0v) is 18.5. The minimum Gasteiger partial charge on any atom is -0.380 e. The molecule has 0 unspecified atom stereocenters. The van der Waals surface area contributed by atoms with E-state index < -0.39 is 5.91 Å². The molecule has 1 aliphatic heterocycles. The molecule has 2 heterocycles. The molecule has 31 heavy (non-hydrogen) atoms. The van der Waals surface area contributed by atoms with Gasteiger partial charge in [-0.15, -0.1) is 0 Å². The first kappa shape index (κ1) is 21.1. The summed E-state index contributed by atoms with van der Waals surface area (Å²) in [4.78, 5) is 38.2. The fourth-order valence-electron chi connectivity index (χ4n) is 4.74. The monoisotopic (exact) mass is 423 g/mol. The Hall–Kier alpha value is -3.16. The molecule has 2 amide bonds. The molecule has 0 radical (unpaired) electrons. The topological polar surface area (TPSA) is 110 Å². The average molecular weight is 424 g/mol. The molecule has 0 saturated carbocycles. The number of aromatic nitrogens is 2. The van der Waals surface area contributed by atoms with Crippen LogP contribution in [0, 0.1) is 12.3 Å². The highest BCUT2D eigenvalue weighted by Gasteiger charge is 2.36. The molecule has 0 bridgehead atoms. The summed E-state index contributed by atoms with van der Waals surface area (Å²) in [6, 6.07) is 5.39. The van der Waals surface area contributed by atoms with E-state index in [1.807, 2.05) is 17.7 Å². The first-order valence-electron chi connectivity index (χ1n) is 10.6. The van der Waals surface area contributed by atoms with Crippen molar-refractivity contribution < 1.29 is 14.4 Å². The number of carbonyl (C=O) groups is 3. The van der Waals surface area contributed by atoms with Gasteiger partial charge in [0.15, 0.2) is 5.78 Å². The smallest absolute Gasteiger partial charge is 0.250 e. The van der Waals surface area contributed by atoms with E-state index in [-0.39, 0.29) is 23.1 Å². The second-order valence-corrected chi connectivity index (χ2v) is 9.45. The number of amides is 2. The number of aryl methyl sites for hydroxylation is 1. The molecular formula is C23H29N5O3. The molecule has 8 nitrogen and oxygen atoms in total.